The quantitative estimate of drug-likeness (QED) is 0.457. The van der Waals surface area contributed by atoms with Crippen LogP contribution >= 0.6 is 11.6 Å². The van der Waals surface area contributed by atoms with E-state index >= 15 is 0 Å². The van der Waals surface area contributed by atoms with Gasteiger partial charge in [-0.2, -0.15) is 0 Å². The third kappa shape index (κ3) is 4.33. The van der Waals surface area contributed by atoms with E-state index in [9.17, 15) is 4.79 Å². The Labute approximate surface area is 175 Å². The van der Waals surface area contributed by atoms with Gasteiger partial charge in [0.1, 0.15) is 12.4 Å². The molecule has 0 radical (unpaired) electrons. The van der Waals surface area contributed by atoms with Gasteiger partial charge in [-0.05, 0) is 29.3 Å². The summed E-state index contributed by atoms with van der Waals surface area (Å²) in [6, 6.07) is 25.7. The molecule has 1 amide bonds. The Bertz CT molecular complexity index is 1140. The first-order valence-corrected chi connectivity index (χ1v) is 9.95. The second-order valence-corrected chi connectivity index (χ2v) is 7.51. The Hall–Kier alpha value is -3.11. The number of para-hydroxylation sites is 2. The SMILES string of the molecule is CN(Cc1ccccc1)C(=O)Cn1c(Cc2ccccc2Cl)nc2ccccc21. The highest BCUT2D eigenvalue weighted by Gasteiger charge is 2.17. The lowest BCUT2D eigenvalue weighted by Gasteiger charge is -2.19. The average molecular weight is 404 g/mol. The zero-order valence-electron chi connectivity index (χ0n) is 16.3. The number of carbonyl (C=O) groups is 1. The fourth-order valence-electron chi connectivity index (χ4n) is 3.45. The van der Waals surface area contributed by atoms with Crippen LogP contribution in [0.3, 0.4) is 0 Å². The minimum atomic E-state index is 0.0393. The van der Waals surface area contributed by atoms with Gasteiger partial charge in [0.05, 0.1) is 11.0 Å². The maximum Gasteiger partial charge on any atom is 0.242 e. The number of amides is 1. The molecule has 4 aromatic rings. The summed E-state index contributed by atoms with van der Waals surface area (Å²) in [5, 5.41) is 0.707. The summed E-state index contributed by atoms with van der Waals surface area (Å²) in [6.07, 6.45) is 0.573. The van der Waals surface area contributed by atoms with Gasteiger partial charge >= 0.3 is 0 Å². The first-order valence-electron chi connectivity index (χ1n) is 9.57. The highest BCUT2D eigenvalue weighted by Crippen LogP contribution is 2.22. The summed E-state index contributed by atoms with van der Waals surface area (Å²) < 4.78 is 2.00. The molecule has 0 unspecified atom stereocenters. The number of carbonyl (C=O) groups excluding carboxylic acids is 1. The molecule has 0 bridgehead atoms. The molecule has 0 N–H and O–H groups in total. The summed E-state index contributed by atoms with van der Waals surface area (Å²) in [6.45, 7) is 0.815. The van der Waals surface area contributed by atoms with Crippen molar-refractivity contribution < 1.29 is 4.79 Å². The fraction of sp³-hybridized carbons (Fsp3) is 0.167. The van der Waals surface area contributed by atoms with Crippen molar-refractivity contribution >= 4 is 28.5 Å². The van der Waals surface area contributed by atoms with E-state index in [-0.39, 0.29) is 12.5 Å². The minimum Gasteiger partial charge on any atom is -0.340 e. The molecule has 29 heavy (non-hydrogen) atoms. The number of halogens is 1. The van der Waals surface area contributed by atoms with Crippen LogP contribution in [0, 0.1) is 0 Å². The van der Waals surface area contributed by atoms with Crippen molar-refractivity contribution in [3.63, 3.8) is 0 Å². The van der Waals surface area contributed by atoms with Crippen molar-refractivity contribution in [2.45, 2.75) is 19.5 Å². The Balaban J connectivity index is 1.62. The molecule has 0 aliphatic heterocycles. The van der Waals surface area contributed by atoms with Crippen LogP contribution in [0.5, 0.6) is 0 Å². The van der Waals surface area contributed by atoms with Crippen LogP contribution < -0.4 is 0 Å². The van der Waals surface area contributed by atoms with Crippen LogP contribution in [-0.2, 0) is 24.3 Å². The van der Waals surface area contributed by atoms with E-state index in [0.717, 1.165) is 28.0 Å². The van der Waals surface area contributed by atoms with Gasteiger partial charge in [0, 0.05) is 25.0 Å². The number of imidazole rings is 1. The lowest BCUT2D eigenvalue weighted by molar-refractivity contribution is -0.131. The van der Waals surface area contributed by atoms with Crippen LogP contribution in [0.4, 0.5) is 0 Å². The number of nitrogens with zero attached hydrogens (tertiary/aromatic N) is 3. The molecule has 1 aromatic heterocycles. The first-order chi connectivity index (χ1) is 14.1. The zero-order chi connectivity index (χ0) is 20.2. The Kier molecular flexibility index (Phi) is 5.63. The first kappa shape index (κ1) is 19.2. The molecule has 0 saturated heterocycles. The predicted molar refractivity (Wildman–Crippen MR) is 117 cm³/mol. The Morgan fingerprint density at radius 3 is 2.45 bits per heavy atom. The molecule has 3 aromatic carbocycles. The highest BCUT2D eigenvalue weighted by atomic mass is 35.5. The van der Waals surface area contributed by atoms with E-state index in [1.165, 1.54) is 0 Å². The van der Waals surface area contributed by atoms with Crippen molar-refractivity contribution in [2.75, 3.05) is 7.05 Å². The Morgan fingerprint density at radius 1 is 0.966 bits per heavy atom. The number of hydrogen-bond acceptors (Lipinski definition) is 2. The summed E-state index contributed by atoms with van der Waals surface area (Å²) in [4.78, 5) is 19.5. The van der Waals surface area contributed by atoms with Crippen LogP contribution in [0.15, 0.2) is 78.9 Å². The molecule has 0 atom stereocenters. The van der Waals surface area contributed by atoms with E-state index in [1.807, 2.05) is 90.5 Å². The molecule has 0 fully saturated rings. The van der Waals surface area contributed by atoms with E-state index in [4.69, 9.17) is 16.6 Å². The maximum absolute atomic E-state index is 13.0. The predicted octanol–water partition coefficient (Wildman–Crippen LogP) is 4.94. The average Bonchev–Trinajstić information content (AvgIpc) is 3.07. The monoisotopic (exact) mass is 403 g/mol. The van der Waals surface area contributed by atoms with Gasteiger partial charge in [0.2, 0.25) is 5.91 Å². The number of hydrogen-bond donors (Lipinski definition) is 0. The largest absolute Gasteiger partial charge is 0.340 e. The molecule has 0 aliphatic carbocycles. The standard InChI is InChI=1S/C24H22ClN3O/c1-27(16-18-9-3-2-4-10-18)24(29)17-28-22-14-8-7-13-21(22)26-23(28)15-19-11-5-6-12-20(19)25/h2-14H,15-17H2,1H3. The molecular weight excluding hydrogens is 382 g/mol. The molecular formula is C24H22ClN3O. The van der Waals surface area contributed by atoms with Gasteiger partial charge in [0.25, 0.3) is 0 Å². The topological polar surface area (TPSA) is 38.1 Å². The normalized spacial score (nSPS) is 11.0. The molecule has 4 rings (SSSR count). The minimum absolute atomic E-state index is 0.0393. The van der Waals surface area contributed by atoms with Crippen LogP contribution in [0.2, 0.25) is 5.02 Å². The van der Waals surface area contributed by atoms with Gasteiger partial charge in [-0.25, -0.2) is 4.98 Å². The van der Waals surface area contributed by atoms with Gasteiger partial charge in [-0.1, -0.05) is 72.3 Å². The van der Waals surface area contributed by atoms with Crippen molar-refractivity contribution in [1.29, 1.82) is 0 Å². The van der Waals surface area contributed by atoms with Gasteiger partial charge in [-0.3, -0.25) is 4.79 Å². The maximum atomic E-state index is 13.0. The van der Waals surface area contributed by atoms with E-state index in [2.05, 4.69) is 0 Å². The lowest BCUT2D eigenvalue weighted by Crippen LogP contribution is -2.30. The molecule has 146 valence electrons. The van der Waals surface area contributed by atoms with E-state index in [1.54, 1.807) is 4.90 Å². The molecule has 4 nitrogen and oxygen atoms in total. The third-order valence-electron chi connectivity index (χ3n) is 5.02. The lowest BCUT2D eigenvalue weighted by atomic mass is 10.1. The summed E-state index contributed by atoms with van der Waals surface area (Å²) in [5.41, 5.74) is 3.94. The number of benzene rings is 3. The molecule has 1 heterocycles. The van der Waals surface area contributed by atoms with Crippen molar-refractivity contribution in [2.24, 2.45) is 0 Å². The number of rotatable bonds is 6. The van der Waals surface area contributed by atoms with Gasteiger partial charge < -0.3 is 9.47 Å². The smallest absolute Gasteiger partial charge is 0.242 e. The second kappa shape index (κ2) is 8.50. The Morgan fingerprint density at radius 2 is 1.66 bits per heavy atom. The molecule has 0 spiro atoms. The number of aromatic nitrogens is 2. The van der Waals surface area contributed by atoms with Crippen molar-refractivity contribution in [3.8, 4) is 0 Å². The van der Waals surface area contributed by atoms with Crippen LogP contribution in [0.1, 0.15) is 17.0 Å². The third-order valence-corrected chi connectivity index (χ3v) is 5.39. The summed E-state index contributed by atoms with van der Waals surface area (Å²) >= 11 is 6.36. The van der Waals surface area contributed by atoms with Gasteiger partial charge in [-0.15, -0.1) is 0 Å². The number of fused-ring (bicyclic) bond motifs is 1. The van der Waals surface area contributed by atoms with Gasteiger partial charge in [0.15, 0.2) is 0 Å². The van der Waals surface area contributed by atoms with E-state index in [0.29, 0.717) is 18.0 Å². The second-order valence-electron chi connectivity index (χ2n) is 7.11. The fourth-order valence-corrected chi connectivity index (χ4v) is 3.65. The van der Waals surface area contributed by atoms with Crippen LogP contribution in [0.25, 0.3) is 11.0 Å². The summed E-state index contributed by atoms with van der Waals surface area (Å²) in [7, 11) is 1.84. The number of likely N-dealkylation sites (N-methyl/N-ethyl adjacent to an activating group) is 1. The van der Waals surface area contributed by atoms with E-state index < -0.39 is 0 Å². The molecule has 5 heteroatoms. The molecule has 0 aliphatic rings. The van der Waals surface area contributed by atoms with Crippen molar-refractivity contribution in [3.05, 3.63) is 101 Å². The highest BCUT2D eigenvalue weighted by molar-refractivity contribution is 6.31. The van der Waals surface area contributed by atoms with Crippen molar-refractivity contribution in [1.82, 2.24) is 14.5 Å². The summed E-state index contributed by atoms with van der Waals surface area (Å²) in [5.74, 6) is 0.873. The van der Waals surface area contributed by atoms with Crippen LogP contribution in [-0.4, -0.2) is 27.4 Å². The molecule has 0 saturated carbocycles. The zero-order valence-corrected chi connectivity index (χ0v) is 17.0.